The Bertz CT molecular complexity index is 1170. The molecule has 134 valence electrons. The summed E-state index contributed by atoms with van der Waals surface area (Å²) in [5.41, 5.74) is 3.58. The topological polar surface area (TPSA) is 47.8 Å². The lowest BCUT2D eigenvalue weighted by atomic mass is 10.1. The van der Waals surface area contributed by atoms with Crippen LogP contribution in [0.4, 0.5) is 0 Å². The SMILES string of the molecule is Cc1ccccc1-c1nc2ccnc(Cl)c2c(=O)n1CCc1ccccc1. The van der Waals surface area contributed by atoms with Crippen LogP contribution >= 0.6 is 11.6 Å². The van der Waals surface area contributed by atoms with Crippen molar-refractivity contribution in [3.63, 3.8) is 0 Å². The first-order chi connectivity index (χ1) is 13.1. The summed E-state index contributed by atoms with van der Waals surface area (Å²) in [4.78, 5) is 22.1. The lowest BCUT2D eigenvalue weighted by molar-refractivity contribution is 0.671. The minimum Gasteiger partial charge on any atom is -0.292 e. The van der Waals surface area contributed by atoms with E-state index in [1.54, 1.807) is 16.8 Å². The molecule has 2 heterocycles. The minimum atomic E-state index is -0.160. The Hall–Kier alpha value is -2.98. The van der Waals surface area contributed by atoms with Crippen molar-refractivity contribution < 1.29 is 0 Å². The van der Waals surface area contributed by atoms with Crippen LogP contribution in [0.3, 0.4) is 0 Å². The first kappa shape index (κ1) is 17.4. The van der Waals surface area contributed by atoms with Gasteiger partial charge in [-0.15, -0.1) is 0 Å². The second kappa shape index (κ2) is 7.33. The molecule has 0 bridgehead atoms. The molecule has 0 radical (unpaired) electrons. The van der Waals surface area contributed by atoms with Gasteiger partial charge in [-0.2, -0.15) is 0 Å². The van der Waals surface area contributed by atoms with Gasteiger partial charge in [0.25, 0.3) is 5.56 Å². The van der Waals surface area contributed by atoms with Gasteiger partial charge in [-0.25, -0.2) is 9.97 Å². The Morgan fingerprint density at radius 2 is 1.74 bits per heavy atom. The van der Waals surface area contributed by atoms with Crippen LogP contribution in [-0.4, -0.2) is 14.5 Å². The van der Waals surface area contributed by atoms with Crippen molar-refractivity contribution in [2.45, 2.75) is 19.9 Å². The Balaban J connectivity index is 1.92. The van der Waals surface area contributed by atoms with Crippen LogP contribution < -0.4 is 5.56 Å². The van der Waals surface area contributed by atoms with E-state index in [0.29, 0.717) is 23.3 Å². The lowest BCUT2D eigenvalue weighted by Crippen LogP contribution is -2.25. The second-order valence-electron chi connectivity index (χ2n) is 6.44. The molecule has 27 heavy (non-hydrogen) atoms. The van der Waals surface area contributed by atoms with Gasteiger partial charge in [0.2, 0.25) is 0 Å². The third-order valence-corrected chi connectivity index (χ3v) is 4.96. The monoisotopic (exact) mass is 375 g/mol. The van der Waals surface area contributed by atoms with Crippen molar-refractivity contribution in [2.24, 2.45) is 0 Å². The number of hydrogen-bond acceptors (Lipinski definition) is 3. The fourth-order valence-electron chi connectivity index (χ4n) is 3.25. The van der Waals surface area contributed by atoms with E-state index >= 15 is 0 Å². The fourth-order valence-corrected chi connectivity index (χ4v) is 3.48. The zero-order valence-electron chi connectivity index (χ0n) is 14.9. The maximum atomic E-state index is 13.3. The molecule has 0 N–H and O–H groups in total. The van der Waals surface area contributed by atoms with E-state index in [-0.39, 0.29) is 10.7 Å². The Morgan fingerprint density at radius 3 is 2.52 bits per heavy atom. The number of rotatable bonds is 4. The highest BCUT2D eigenvalue weighted by Crippen LogP contribution is 2.24. The van der Waals surface area contributed by atoms with Crippen molar-refractivity contribution in [2.75, 3.05) is 0 Å². The van der Waals surface area contributed by atoms with Crippen LogP contribution in [0.15, 0.2) is 71.7 Å². The van der Waals surface area contributed by atoms with Crippen LogP contribution in [-0.2, 0) is 13.0 Å². The summed E-state index contributed by atoms with van der Waals surface area (Å²) >= 11 is 6.22. The summed E-state index contributed by atoms with van der Waals surface area (Å²) in [5, 5.41) is 0.555. The molecule has 0 aliphatic carbocycles. The number of fused-ring (bicyclic) bond motifs is 1. The van der Waals surface area contributed by atoms with Gasteiger partial charge in [-0.05, 0) is 30.5 Å². The number of hydrogen-bond donors (Lipinski definition) is 0. The van der Waals surface area contributed by atoms with Gasteiger partial charge < -0.3 is 0 Å². The van der Waals surface area contributed by atoms with Crippen molar-refractivity contribution in [3.05, 3.63) is 93.5 Å². The van der Waals surface area contributed by atoms with E-state index in [0.717, 1.165) is 23.1 Å². The summed E-state index contributed by atoms with van der Waals surface area (Å²) in [6.45, 7) is 2.54. The molecule has 2 aromatic heterocycles. The molecule has 0 aliphatic heterocycles. The predicted molar refractivity (Wildman–Crippen MR) is 109 cm³/mol. The Kier molecular flexibility index (Phi) is 4.73. The van der Waals surface area contributed by atoms with Crippen molar-refractivity contribution in [1.29, 1.82) is 0 Å². The van der Waals surface area contributed by atoms with E-state index in [1.165, 1.54) is 0 Å². The third kappa shape index (κ3) is 3.36. The molecule has 0 amide bonds. The highest BCUT2D eigenvalue weighted by molar-refractivity contribution is 6.33. The van der Waals surface area contributed by atoms with Crippen LogP contribution in [0.25, 0.3) is 22.3 Å². The zero-order chi connectivity index (χ0) is 18.8. The molecule has 0 spiro atoms. The maximum absolute atomic E-state index is 13.3. The molecular weight excluding hydrogens is 358 g/mol. The summed E-state index contributed by atoms with van der Waals surface area (Å²) in [5.74, 6) is 0.656. The molecule has 4 aromatic rings. The first-order valence-electron chi connectivity index (χ1n) is 8.80. The van der Waals surface area contributed by atoms with Gasteiger partial charge in [-0.3, -0.25) is 9.36 Å². The molecule has 4 nitrogen and oxygen atoms in total. The summed E-state index contributed by atoms with van der Waals surface area (Å²) < 4.78 is 1.71. The highest BCUT2D eigenvalue weighted by atomic mass is 35.5. The van der Waals surface area contributed by atoms with Gasteiger partial charge in [0.15, 0.2) is 0 Å². The second-order valence-corrected chi connectivity index (χ2v) is 6.80. The molecule has 0 saturated heterocycles. The quantitative estimate of drug-likeness (QED) is 0.487. The van der Waals surface area contributed by atoms with Gasteiger partial charge in [0, 0.05) is 18.3 Å². The smallest absolute Gasteiger partial charge is 0.264 e. The van der Waals surface area contributed by atoms with E-state index in [9.17, 15) is 4.79 Å². The largest absolute Gasteiger partial charge is 0.292 e. The maximum Gasteiger partial charge on any atom is 0.264 e. The Labute approximate surface area is 162 Å². The van der Waals surface area contributed by atoms with Crippen LogP contribution in [0.1, 0.15) is 11.1 Å². The number of halogens is 1. The third-order valence-electron chi connectivity index (χ3n) is 4.68. The molecule has 0 atom stereocenters. The van der Waals surface area contributed by atoms with Gasteiger partial charge >= 0.3 is 0 Å². The van der Waals surface area contributed by atoms with E-state index in [4.69, 9.17) is 16.6 Å². The van der Waals surface area contributed by atoms with Crippen molar-refractivity contribution in [1.82, 2.24) is 14.5 Å². The Morgan fingerprint density at radius 1 is 1.00 bits per heavy atom. The predicted octanol–water partition coefficient (Wildman–Crippen LogP) is 4.66. The normalized spacial score (nSPS) is 11.0. The number of nitrogens with zero attached hydrogens (tertiary/aromatic N) is 3. The molecule has 0 fully saturated rings. The minimum absolute atomic E-state index is 0.160. The van der Waals surface area contributed by atoms with E-state index in [1.807, 2.05) is 49.4 Å². The number of pyridine rings is 1. The average Bonchev–Trinajstić information content (AvgIpc) is 2.68. The standard InChI is InChI=1S/C22H18ClN3O/c1-15-7-5-6-10-17(15)21-25-18-11-13-24-20(23)19(18)22(27)26(21)14-12-16-8-3-2-4-9-16/h2-11,13H,12,14H2,1H3. The number of aromatic nitrogens is 3. The molecule has 0 unspecified atom stereocenters. The molecule has 2 aromatic carbocycles. The summed E-state index contributed by atoms with van der Waals surface area (Å²) in [6.07, 6.45) is 2.30. The summed E-state index contributed by atoms with van der Waals surface area (Å²) in [6, 6.07) is 19.8. The van der Waals surface area contributed by atoms with E-state index < -0.39 is 0 Å². The van der Waals surface area contributed by atoms with Crippen LogP contribution in [0.5, 0.6) is 0 Å². The van der Waals surface area contributed by atoms with Crippen molar-refractivity contribution in [3.8, 4) is 11.4 Å². The fraction of sp³-hybridized carbons (Fsp3) is 0.136. The first-order valence-corrected chi connectivity index (χ1v) is 9.18. The molecular formula is C22H18ClN3O. The van der Waals surface area contributed by atoms with Gasteiger partial charge in [-0.1, -0.05) is 66.2 Å². The average molecular weight is 376 g/mol. The van der Waals surface area contributed by atoms with Crippen LogP contribution in [0.2, 0.25) is 5.15 Å². The van der Waals surface area contributed by atoms with Crippen molar-refractivity contribution >= 4 is 22.5 Å². The lowest BCUT2D eigenvalue weighted by Gasteiger charge is -2.15. The molecule has 4 rings (SSSR count). The summed E-state index contributed by atoms with van der Waals surface area (Å²) in [7, 11) is 0. The highest BCUT2D eigenvalue weighted by Gasteiger charge is 2.16. The molecule has 5 heteroatoms. The van der Waals surface area contributed by atoms with E-state index in [2.05, 4.69) is 17.1 Å². The zero-order valence-corrected chi connectivity index (χ0v) is 15.6. The van der Waals surface area contributed by atoms with Crippen LogP contribution in [0, 0.1) is 6.92 Å². The molecule has 0 saturated carbocycles. The number of aryl methyl sites for hydroxylation is 2. The van der Waals surface area contributed by atoms with Gasteiger partial charge in [0.05, 0.1) is 5.52 Å². The van der Waals surface area contributed by atoms with Gasteiger partial charge in [0.1, 0.15) is 16.4 Å². The number of benzene rings is 2. The molecule has 0 aliphatic rings.